The highest BCUT2D eigenvalue weighted by atomic mass is 16.5. The molecule has 5 nitrogen and oxygen atoms in total. The van der Waals surface area contributed by atoms with Crippen LogP contribution in [-0.4, -0.2) is 37.0 Å². The van der Waals surface area contributed by atoms with Gasteiger partial charge in [0.25, 0.3) is 0 Å². The van der Waals surface area contributed by atoms with Gasteiger partial charge in [-0.3, -0.25) is 9.69 Å². The Morgan fingerprint density at radius 1 is 1.58 bits per heavy atom. The number of nitrogen functional groups attached to an aromatic ring is 1. The molecule has 19 heavy (non-hydrogen) atoms. The maximum atomic E-state index is 12.0. The van der Waals surface area contributed by atoms with Crippen LogP contribution in [0.1, 0.15) is 19.8 Å². The molecule has 1 aromatic rings. The molecule has 0 aromatic heterocycles. The van der Waals surface area contributed by atoms with E-state index in [9.17, 15) is 4.79 Å². The van der Waals surface area contributed by atoms with E-state index in [1.807, 2.05) is 0 Å². The molecular weight excluding hydrogens is 242 g/mol. The number of ether oxygens (including phenoxy) is 1. The van der Waals surface area contributed by atoms with Crippen LogP contribution in [0.2, 0.25) is 0 Å². The fourth-order valence-corrected chi connectivity index (χ4v) is 2.38. The minimum Gasteiger partial charge on any atom is -0.497 e. The average Bonchev–Trinajstić information content (AvgIpc) is 2.77. The summed E-state index contributed by atoms with van der Waals surface area (Å²) < 4.78 is 5.08. The number of nitrogens with two attached hydrogens (primary N) is 1. The lowest BCUT2D eigenvalue weighted by molar-refractivity contribution is -0.117. The Morgan fingerprint density at radius 3 is 2.95 bits per heavy atom. The third-order valence-corrected chi connectivity index (χ3v) is 3.57. The first kappa shape index (κ1) is 13.7. The zero-order chi connectivity index (χ0) is 13.8. The minimum absolute atomic E-state index is 0.0226. The van der Waals surface area contributed by atoms with Crippen molar-refractivity contribution in [1.82, 2.24) is 4.90 Å². The van der Waals surface area contributed by atoms with Crippen molar-refractivity contribution in [1.29, 1.82) is 0 Å². The maximum Gasteiger partial charge on any atom is 0.238 e. The van der Waals surface area contributed by atoms with Gasteiger partial charge in [0, 0.05) is 12.1 Å². The number of methoxy groups -OCH3 is 1. The number of amides is 1. The SMILES string of the molecule is COc1ccc(NC(=O)CN2CCCC2C)c(N)c1. The smallest absolute Gasteiger partial charge is 0.238 e. The Bertz CT molecular complexity index is 462. The van der Waals surface area contributed by atoms with Gasteiger partial charge in [-0.1, -0.05) is 0 Å². The molecule has 0 spiro atoms. The summed E-state index contributed by atoms with van der Waals surface area (Å²) in [6.07, 6.45) is 2.33. The summed E-state index contributed by atoms with van der Waals surface area (Å²) >= 11 is 0. The number of nitrogens with one attached hydrogen (secondary N) is 1. The first-order valence-electron chi connectivity index (χ1n) is 6.57. The van der Waals surface area contributed by atoms with Crippen molar-refractivity contribution in [3.05, 3.63) is 18.2 Å². The van der Waals surface area contributed by atoms with Crippen LogP contribution in [-0.2, 0) is 4.79 Å². The van der Waals surface area contributed by atoms with Gasteiger partial charge in [-0.25, -0.2) is 0 Å². The lowest BCUT2D eigenvalue weighted by atomic mass is 10.2. The van der Waals surface area contributed by atoms with Crippen LogP contribution in [0.15, 0.2) is 18.2 Å². The van der Waals surface area contributed by atoms with Crippen LogP contribution < -0.4 is 15.8 Å². The van der Waals surface area contributed by atoms with Crippen LogP contribution in [0.25, 0.3) is 0 Å². The van der Waals surface area contributed by atoms with Crippen LogP contribution in [0.3, 0.4) is 0 Å². The molecule has 1 aliphatic heterocycles. The first-order chi connectivity index (χ1) is 9.10. The van der Waals surface area contributed by atoms with Crippen molar-refractivity contribution in [2.24, 2.45) is 0 Å². The number of anilines is 2. The Morgan fingerprint density at radius 2 is 2.37 bits per heavy atom. The molecule has 5 heteroatoms. The fourth-order valence-electron chi connectivity index (χ4n) is 2.38. The van der Waals surface area contributed by atoms with E-state index >= 15 is 0 Å². The molecule has 0 radical (unpaired) electrons. The van der Waals surface area contributed by atoms with E-state index in [-0.39, 0.29) is 5.91 Å². The number of rotatable bonds is 4. The summed E-state index contributed by atoms with van der Waals surface area (Å²) in [5.41, 5.74) is 7.02. The predicted molar refractivity (Wildman–Crippen MR) is 76.3 cm³/mol. The molecule has 0 aliphatic carbocycles. The van der Waals surface area contributed by atoms with E-state index < -0.39 is 0 Å². The fraction of sp³-hybridized carbons (Fsp3) is 0.500. The molecule has 1 aromatic carbocycles. The lowest BCUT2D eigenvalue weighted by Crippen LogP contribution is -2.35. The Kier molecular flexibility index (Phi) is 4.27. The zero-order valence-electron chi connectivity index (χ0n) is 11.5. The van der Waals surface area contributed by atoms with Crippen LogP contribution in [0, 0.1) is 0 Å². The van der Waals surface area contributed by atoms with E-state index in [0.29, 0.717) is 29.7 Å². The number of hydrogen-bond donors (Lipinski definition) is 2. The highest BCUT2D eigenvalue weighted by Gasteiger charge is 2.22. The van der Waals surface area contributed by atoms with Crippen LogP contribution in [0.4, 0.5) is 11.4 Å². The van der Waals surface area contributed by atoms with E-state index in [4.69, 9.17) is 10.5 Å². The van der Waals surface area contributed by atoms with E-state index in [1.165, 1.54) is 6.42 Å². The number of likely N-dealkylation sites (tertiary alicyclic amines) is 1. The van der Waals surface area contributed by atoms with Gasteiger partial charge in [0.2, 0.25) is 5.91 Å². The van der Waals surface area contributed by atoms with Gasteiger partial charge < -0.3 is 15.8 Å². The number of hydrogen-bond acceptors (Lipinski definition) is 4. The predicted octanol–water partition coefficient (Wildman–Crippen LogP) is 1.70. The van der Waals surface area contributed by atoms with Gasteiger partial charge in [-0.2, -0.15) is 0 Å². The summed E-state index contributed by atoms with van der Waals surface area (Å²) in [4.78, 5) is 14.2. The molecule has 1 aliphatic rings. The molecule has 1 heterocycles. The van der Waals surface area contributed by atoms with Gasteiger partial charge in [0.05, 0.1) is 25.0 Å². The highest BCUT2D eigenvalue weighted by molar-refractivity contribution is 5.95. The van der Waals surface area contributed by atoms with Crippen molar-refractivity contribution >= 4 is 17.3 Å². The third-order valence-electron chi connectivity index (χ3n) is 3.57. The third kappa shape index (κ3) is 3.38. The second-order valence-electron chi connectivity index (χ2n) is 4.96. The van der Waals surface area contributed by atoms with Gasteiger partial charge in [0.15, 0.2) is 0 Å². The molecular formula is C14H21N3O2. The quantitative estimate of drug-likeness (QED) is 0.811. The average molecular weight is 263 g/mol. The topological polar surface area (TPSA) is 67.6 Å². The monoisotopic (exact) mass is 263 g/mol. The zero-order valence-corrected chi connectivity index (χ0v) is 11.5. The Labute approximate surface area is 113 Å². The van der Waals surface area contributed by atoms with Gasteiger partial charge in [-0.05, 0) is 38.4 Å². The number of carbonyl (C=O) groups is 1. The summed E-state index contributed by atoms with van der Waals surface area (Å²) in [7, 11) is 1.59. The number of nitrogens with zero attached hydrogens (tertiary/aromatic N) is 1. The van der Waals surface area contributed by atoms with Crippen molar-refractivity contribution in [3.63, 3.8) is 0 Å². The normalized spacial score (nSPS) is 19.4. The number of carbonyl (C=O) groups excluding carboxylic acids is 1. The largest absolute Gasteiger partial charge is 0.497 e. The van der Waals surface area contributed by atoms with E-state index in [1.54, 1.807) is 25.3 Å². The maximum absolute atomic E-state index is 12.0. The minimum atomic E-state index is -0.0226. The van der Waals surface area contributed by atoms with Crippen LogP contribution in [0.5, 0.6) is 5.75 Å². The molecule has 0 saturated carbocycles. The van der Waals surface area contributed by atoms with Crippen molar-refractivity contribution in [2.45, 2.75) is 25.8 Å². The molecule has 1 amide bonds. The van der Waals surface area contributed by atoms with E-state index in [0.717, 1.165) is 13.0 Å². The Hall–Kier alpha value is -1.75. The van der Waals surface area contributed by atoms with Gasteiger partial charge in [0.1, 0.15) is 5.75 Å². The summed E-state index contributed by atoms with van der Waals surface area (Å²) in [5.74, 6) is 0.661. The van der Waals surface area contributed by atoms with Crippen LogP contribution >= 0.6 is 0 Å². The molecule has 3 N–H and O–H groups in total. The second kappa shape index (κ2) is 5.93. The second-order valence-corrected chi connectivity index (χ2v) is 4.96. The number of benzene rings is 1. The van der Waals surface area contributed by atoms with Crippen molar-refractivity contribution in [2.75, 3.05) is 31.2 Å². The molecule has 1 atom stereocenters. The molecule has 104 valence electrons. The Balaban J connectivity index is 1.95. The molecule has 0 bridgehead atoms. The molecule has 2 rings (SSSR count). The molecule has 1 fully saturated rings. The first-order valence-corrected chi connectivity index (χ1v) is 6.57. The van der Waals surface area contributed by atoms with Crippen molar-refractivity contribution < 1.29 is 9.53 Å². The molecule has 1 saturated heterocycles. The highest BCUT2D eigenvalue weighted by Crippen LogP contribution is 2.24. The lowest BCUT2D eigenvalue weighted by Gasteiger charge is -2.20. The summed E-state index contributed by atoms with van der Waals surface area (Å²) in [6, 6.07) is 5.73. The molecule has 1 unspecified atom stereocenters. The summed E-state index contributed by atoms with van der Waals surface area (Å²) in [5, 5.41) is 2.85. The van der Waals surface area contributed by atoms with E-state index in [2.05, 4.69) is 17.1 Å². The standard InChI is InChI=1S/C14H21N3O2/c1-10-4-3-7-17(10)9-14(18)16-13-6-5-11(19-2)8-12(13)15/h5-6,8,10H,3-4,7,9,15H2,1-2H3,(H,16,18). The summed E-state index contributed by atoms with van der Waals surface area (Å²) in [6.45, 7) is 3.57. The van der Waals surface area contributed by atoms with Crippen molar-refractivity contribution in [3.8, 4) is 5.75 Å². The van der Waals surface area contributed by atoms with Gasteiger partial charge in [-0.15, -0.1) is 0 Å². The van der Waals surface area contributed by atoms with Gasteiger partial charge >= 0.3 is 0 Å².